The quantitative estimate of drug-likeness (QED) is 0.730. The number of aryl methyl sites for hydroxylation is 1. The van der Waals surface area contributed by atoms with E-state index in [1.807, 2.05) is 20.8 Å². The van der Waals surface area contributed by atoms with E-state index in [1.54, 1.807) is 0 Å². The maximum Gasteiger partial charge on any atom is 0.160 e. The van der Waals surface area contributed by atoms with Crippen LogP contribution in [0, 0.1) is 12.8 Å². The van der Waals surface area contributed by atoms with Gasteiger partial charge >= 0.3 is 0 Å². The fraction of sp³-hybridized carbons (Fsp3) is 0.684. The normalized spacial score (nSPS) is 23.1. The van der Waals surface area contributed by atoms with Crippen molar-refractivity contribution < 1.29 is 9.47 Å². The van der Waals surface area contributed by atoms with Gasteiger partial charge in [-0.2, -0.15) is 0 Å². The van der Waals surface area contributed by atoms with Crippen molar-refractivity contribution in [2.24, 2.45) is 11.7 Å². The second-order valence-electron chi connectivity index (χ2n) is 6.45. The Balaban J connectivity index is 0.000000614. The Morgan fingerprint density at radius 3 is 2.37 bits per heavy atom. The number of aromatic nitrogens is 3. The zero-order chi connectivity index (χ0) is 19.8. The number of piperidine rings is 1. The Labute approximate surface area is 161 Å². The number of nitrogens with one attached hydrogen (secondary N) is 1. The molecule has 2 aliphatic rings. The summed E-state index contributed by atoms with van der Waals surface area (Å²) in [7, 11) is 1.50. The summed E-state index contributed by atoms with van der Waals surface area (Å²) in [5.74, 6) is 1.02. The van der Waals surface area contributed by atoms with Gasteiger partial charge in [0.2, 0.25) is 0 Å². The molecule has 2 aromatic heterocycles. The average molecular weight is 379 g/mol. The summed E-state index contributed by atoms with van der Waals surface area (Å²) in [6.45, 7) is 9.41. The van der Waals surface area contributed by atoms with Gasteiger partial charge in [-0.3, -0.25) is 0 Å². The number of nitrogens with zero attached hydrogens (tertiary/aromatic N) is 3. The highest BCUT2D eigenvalue weighted by Gasteiger charge is 2.31. The molecule has 0 aromatic carbocycles. The molecule has 2 aromatic rings. The lowest BCUT2D eigenvalue weighted by molar-refractivity contribution is -0.223. The molecule has 27 heavy (non-hydrogen) atoms. The Morgan fingerprint density at radius 2 is 1.74 bits per heavy atom. The standard InChI is InChI=1S/C16H23N5O2.C2H6.CH5N/c1-10-6-21(15-13(10)14(17)19-9-20-15)12-7-22-16(23-8-12)11-2-4-18-5-3-11;2*1-2/h6,9,11-12,16,18H,2-5,7-8H2,1H3,(H2,17,19,20);1-2H3;2H2,1H3. The van der Waals surface area contributed by atoms with E-state index < -0.39 is 0 Å². The molecule has 0 bridgehead atoms. The smallest absolute Gasteiger partial charge is 0.160 e. The van der Waals surface area contributed by atoms with Gasteiger partial charge in [-0.05, 0) is 45.5 Å². The Hall–Kier alpha value is -1.74. The molecule has 152 valence electrons. The van der Waals surface area contributed by atoms with Gasteiger partial charge in [0.25, 0.3) is 0 Å². The van der Waals surface area contributed by atoms with Crippen LogP contribution in [0.15, 0.2) is 12.5 Å². The summed E-state index contributed by atoms with van der Waals surface area (Å²) in [4.78, 5) is 8.48. The fourth-order valence-electron chi connectivity index (χ4n) is 3.63. The van der Waals surface area contributed by atoms with E-state index in [2.05, 4.69) is 31.8 Å². The lowest BCUT2D eigenvalue weighted by atomic mass is 9.97. The van der Waals surface area contributed by atoms with Crippen LogP contribution in [-0.2, 0) is 9.47 Å². The first-order chi connectivity index (χ1) is 13.2. The van der Waals surface area contributed by atoms with Crippen LogP contribution in [-0.4, -0.2) is 54.2 Å². The topological polar surface area (TPSA) is 113 Å². The molecule has 0 atom stereocenters. The lowest BCUT2D eigenvalue weighted by Gasteiger charge is -2.36. The van der Waals surface area contributed by atoms with Crippen molar-refractivity contribution in [3.8, 4) is 0 Å². The fourth-order valence-corrected chi connectivity index (χ4v) is 3.63. The molecule has 0 spiro atoms. The molecular formula is C19H34N6O2. The van der Waals surface area contributed by atoms with E-state index in [0.29, 0.717) is 24.9 Å². The van der Waals surface area contributed by atoms with Crippen LogP contribution in [0.1, 0.15) is 38.3 Å². The van der Waals surface area contributed by atoms with Crippen LogP contribution in [0.3, 0.4) is 0 Å². The Kier molecular flexibility index (Phi) is 8.43. The van der Waals surface area contributed by atoms with Crippen LogP contribution in [0.25, 0.3) is 11.0 Å². The van der Waals surface area contributed by atoms with Crippen LogP contribution < -0.4 is 16.8 Å². The number of fused-ring (bicyclic) bond motifs is 1. The van der Waals surface area contributed by atoms with Gasteiger partial charge in [-0.25, -0.2) is 9.97 Å². The molecule has 0 unspecified atom stereocenters. The average Bonchev–Trinajstić information content (AvgIpc) is 3.10. The van der Waals surface area contributed by atoms with Crippen LogP contribution >= 0.6 is 0 Å². The third kappa shape index (κ3) is 4.76. The predicted molar refractivity (Wildman–Crippen MR) is 108 cm³/mol. The number of ether oxygens (including phenoxy) is 2. The Morgan fingerprint density at radius 1 is 1.11 bits per heavy atom. The van der Waals surface area contributed by atoms with Crippen molar-refractivity contribution in [1.82, 2.24) is 19.9 Å². The maximum atomic E-state index is 6.03. The van der Waals surface area contributed by atoms with Crippen molar-refractivity contribution in [3.05, 3.63) is 18.1 Å². The minimum absolute atomic E-state index is 0.0732. The first-order valence-electron chi connectivity index (χ1n) is 9.83. The highest BCUT2D eigenvalue weighted by Crippen LogP contribution is 2.30. The van der Waals surface area contributed by atoms with Gasteiger partial charge in [-0.1, -0.05) is 13.8 Å². The molecule has 8 nitrogen and oxygen atoms in total. The van der Waals surface area contributed by atoms with E-state index in [9.17, 15) is 0 Å². The van der Waals surface area contributed by atoms with Crippen molar-refractivity contribution in [3.63, 3.8) is 0 Å². The largest absolute Gasteiger partial charge is 0.383 e. The van der Waals surface area contributed by atoms with Crippen molar-refractivity contribution >= 4 is 16.9 Å². The first-order valence-corrected chi connectivity index (χ1v) is 9.83. The maximum absolute atomic E-state index is 6.03. The SMILES string of the molecule is CC.CN.Cc1cn(C2COC(C3CCNCC3)OC2)c2ncnc(N)c12. The second kappa shape index (κ2) is 10.6. The summed E-state index contributed by atoms with van der Waals surface area (Å²) in [6.07, 6.45) is 5.74. The third-order valence-corrected chi connectivity index (χ3v) is 4.90. The van der Waals surface area contributed by atoms with Gasteiger partial charge in [0.1, 0.15) is 17.8 Å². The first kappa shape index (κ1) is 21.6. The summed E-state index contributed by atoms with van der Waals surface area (Å²) in [6, 6.07) is 0.124. The van der Waals surface area contributed by atoms with E-state index in [0.717, 1.165) is 42.5 Å². The van der Waals surface area contributed by atoms with Crippen LogP contribution in [0.2, 0.25) is 0 Å². The number of nitrogens with two attached hydrogens (primary N) is 2. The molecule has 0 saturated carbocycles. The zero-order valence-corrected chi connectivity index (χ0v) is 16.9. The minimum atomic E-state index is -0.0732. The number of rotatable bonds is 2. The summed E-state index contributed by atoms with van der Waals surface area (Å²) in [5.41, 5.74) is 12.4. The highest BCUT2D eigenvalue weighted by molar-refractivity contribution is 5.89. The molecule has 0 amide bonds. The van der Waals surface area contributed by atoms with Gasteiger partial charge in [-0.15, -0.1) is 0 Å². The molecule has 8 heteroatoms. The number of hydrogen-bond donors (Lipinski definition) is 3. The molecule has 0 aliphatic carbocycles. The number of anilines is 1. The van der Waals surface area contributed by atoms with E-state index in [4.69, 9.17) is 15.2 Å². The van der Waals surface area contributed by atoms with Crippen molar-refractivity contribution in [2.45, 2.75) is 45.9 Å². The molecule has 2 aliphatic heterocycles. The molecule has 2 fully saturated rings. The summed E-state index contributed by atoms with van der Waals surface area (Å²) < 4.78 is 14.2. The summed E-state index contributed by atoms with van der Waals surface area (Å²) in [5, 5.41) is 4.30. The molecule has 4 heterocycles. The number of hydrogen-bond acceptors (Lipinski definition) is 7. The monoisotopic (exact) mass is 378 g/mol. The zero-order valence-electron chi connectivity index (χ0n) is 16.9. The van der Waals surface area contributed by atoms with Crippen molar-refractivity contribution in [2.75, 3.05) is 39.1 Å². The van der Waals surface area contributed by atoms with Crippen LogP contribution in [0.4, 0.5) is 5.82 Å². The van der Waals surface area contributed by atoms with Crippen LogP contribution in [0.5, 0.6) is 0 Å². The van der Waals surface area contributed by atoms with Gasteiger partial charge in [0, 0.05) is 12.1 Å². The van der Waals surface area contributed by atoms with Gasteiger partial charge in [0.05, 0.1) is 24.6 Å². The number of nitrogen functional groups attached to an aromatic ring is 1. The van der Waals surface area contributed by atoms with E-state index in [1.165, 1.54) is 13.4 Å². The highest BCUT2D eigenvalue weighted by atomic mass is 16.7. The minimum Gasteiger partial charge on any atom is -0.383 e. The molecular weight excluding hydrogens is 344 g/mol. The van der Waals surface area contributed by atoms with Crippen molar-refractivity contribution in [1.29, 1.82) is 0 Å². The lowest BCUT2D eigenvalue weighted by Crippen LogP contribution is -2.42. The molecule has 4 rings (SSSR count). The molecule has 2 saturated heterocycles. The predicted octanol–water partition coefficient (Wildman–Crippen LogP) is 1.84. The van der Waals surface area contributed by atoms with E-state index in [-0.39, 0.29) is 12.3 Å². The Bertz CT molecular complexity index is 691. The third-order valence-electron chi connectivity index (χ3n) is 4.90. The second-order valence-corrected chi connectivity index (χ2v) is 6.45. The van der Waals surface area contributed by atoms with Gasteiger partial charge < -0.3 is 30.8 Å². The van der Waals surface area contributed by atoms with E-state index >= 15 is 0 Å². The summed E-state index contributed by atoms with van der Waals surface area (Å²) >= 11 is 0. The van der Waals surface area contributed by atoms with Gasteiger partial charge in [0.15, 0.2) is 6.29 Å². The molecule has 5 N–H and O–H groups in total. The molecule has 0 radical (unpaired) electrons.